The van der Waals surface area contributed by atoms with Gasteiger partial charge in [-0.05, 0) is 29.7 Å². The summed E-state index contributed by atoms with van der Waals surface area (Å²) in [5.41, 5.74) is 5.08. The first-order chi connectivity index (χ1) is 16.2. The van der Waals surface area contributed by atoms with E-state index in [-0.39, 0.29) is 29.2 Å². The number of nitrogens with two attached hydrogens (primary N) is 1. The Hall–Kier alpha value is -4.79. The number of alkyl halides is 3. The maximum atomic E-state index is 13.6. The number of carbonyl (C=O) groups excluding carboxylic acids is 1. The molecular weight excluding hydrogens is 449 g/mol. The van der Waals surface area contributed by atoms with Crippen molar-refractivity contribution in [2.45, 2.75) is 12.7 Å². The standard InChI is InChI=1S/C22H17F3N8O/c23-22(24,25)19-6-17(4-2-15(19)11-33(12-26)13-27)32-21(34)16-5-14(7-29-8-16)1-3-18-9-31-20(28)10-30-18/h2,4-10,12-13,26-27H,11H2,(H2,28,31)(H,32,34). The number of halogens is 3. The molecule has 172 valence electrons. The summed E-state index contributed by atoms with van der Waals surface area (Å²) in [6.45, 7) is -0.320. The summed E-state index contributed by atoms with van der Waals surface area (Å²) in [5, 5.41) is 16.7. The van der Waals surface area contributed by atoms with Crippen LogP contribution in [0.4, 0.5) is 24.7 Å². The number of hydrogen-bond acceptors (Lipinski definition) is 7. The van der Waals surface area contributed by atoms with Gasteiger partial charge in [0, 0.05) is 23.6 Å². The molecular formula is C22H17F3N8O. The molecule has 5 N–H and O–H groups in total. The average Bonchev–Trinajstić information content (AvgIpc) is 2.82. The summed E-state index contributed by atoms with van der Waals surface area (Å²) < 4.78 is 40.7. The van der Waals surface area contributed by atoms with E-state index in [1.165, 1.54) is 43.0 Å². The number of aromatic nitrogens is 3. The van der Waals surface area contributed by atoms with Gasteiger partial charge < -0.3 is 16.0 Å². The molecule has 3 aromatic rings. The highest BCUT2D eigenvalue weighted by Crippen LogP contribution is 2.34. The monoisotopic (exact) mass is 466 g/mol. The van der Waals surface area contributed by atoms with Gasteiger partial charge in [0.1, 0.15) is 11.5 Å². The highest BCUT2D eigenvalue weighted by molar-refractivity contribution is 6.04. The Labute approximate surface area is 191 Å². The molecule has 12 heteroatoms. The van der Waals surface area contributed by atoms with Crippen LogP contribution in [0.15, 0.2) is 49.1 Å². The van der Waals surface area contributed by atoms with Crippen molar-refractivity contribution >= 4 is 30.1 Å². The highest BCUT2D eigenvalue weighted by Gasteiger charge is 2.34. The SMILES string of the molecule is N=CN(C=N)Cc1ccc(NC(=O)c2cncc(C#Cc3cnc(N)cn3)c2)cc1C(F)(F)F. The van der Waals surface area contributed by atoms with Crippen LogP contribution in [0.3, 0.4) is 0 Å². The highest BCUT2D eigenvalue weighted by atomic mass is 19.4. The summed E-state index contributed by atoms with van der Waals surface area (Å²) in [6, 6.07) is 4.74. The molecule has 0 bridgehead atoms. The Morgan fingerprint density at radius 2 is 1.85 bits per heavy atom. The molecule has 0 spiro atoms. The van der Waals surface area contributed by atoms with E-state index >= 15 is 0 Å². The fourth-order valence-corrected chi connectivity index (χ4v) is 2.76. The molecule has 2 aromatic heterocycles. The minimum Gasteiger partial charge on any atom is -0.382 e. The van der Waals surface area contributed by atoms with E-state index in [1.54, 1.807) is 0 Å². The molecule has 1 amide bonds. The Bertz CT molecular complexity index is 1270. The zero-order chi connectivity index (χ0) is 24.7. The Morgan fingerprint density at radius 1 is 1.09 bits per heavy atom. The van der Waals surface area contributed by atoms with Crippen molar-refractivity contribution < 1.29 is 18.0 Å². The van der Waals surface area contributed by atoms with E-state index in [4.69, 9.17) is 16.6 Å². The van der Waals surface area contributed by atoms with Crippen molar-refractivity contribution in [2.75, 3.05) is 11.1 Å². The molecule has 0 saturated carbocycles. The second-order valence-electron chi connectivity index (χ2n) is 6.79. The van der Waals surface area contributed by atoms with Gasteiger partial charge in [-0.1, -0.05) is 12.0 Å². The minimum absolute atomic E-state index is 0.0778. The first-order valence-electron chi connectivity index (χ1n) is 9.52. The van der Waals surface area contributed by atoms with E-state index in [2.05, 4.69) is 32.1 Å². The number of pyridine rings is 1. The molecule has 0 fully saturated rings. The predicted molar refractivity (Wildman–Crippen MR) is 119 cm³/mol. The first-order valence-corrected chi connectivity index (χ1v) is 9.52. The van der Waals surface area contributed by atoms with Gasteiger partial charge in [-0.25, -0.2) is 9.97 Å². The van der Waals surface area contributed by atoms with Crippen molar-refractivity contribution in [3.05, 3.63) is 77.0 Å². The number of amides is 1. The largest absolute Gasteiger partial charge is 0.416 e. The Morgan fingerprint density at radius 3 is 2.50 bits per heavy atom. The first kappa shape index (κ1) is 23.9. The molecule has 0 saturated heterocycles. The number of rotatable bonds is 6. The van der Waals surface area contributed by atoms with Crippen LogP contribution in [-0.2, 0) is 12.7 Å². The van der Waals surface area contributed by atoms with Gasteiger partial charge in [-0.3, -0.25) is 20.6 Å². The van der Waals surface area contributed by atoms with E-state index < -0.39 is 17.6 Å². The Kier molecular flexibility index (Phi) is 7.17. The number of benzene rings is 1. The molecule has 9 nitrogen and oxygen atoms in total. The smallest absolute Gasteiger partial charge is 0.382 e. The Balaban J connectivity index is 1.81. The van der Waals surface area contributed by atoms with Crippen molar-refractivity contribution in [2.24, 2.45) is 0 Å². The van der Waals surface area contributed by atoms with Gasteiger partial charge in [0.25, 0.3) is 5.91 Å². The second-order valence-corrected chi connectivity index (χ2v) is 6.79. The van der Waals surface area contributed by atoms with E-state index in [0.29, 0.717) is 11.3 Å². The lowest BCUT2D eigenvalue weighted by Crippen LogP contribution is -2.21. The molecule has 0 radical (unpaired) electrons. The normalized spacial score (nSPS) is 10.6. The van der Waals surface area contributed by atoms with Gasteiger partial charge in [0.05, 0.1) is 42.7 Å². The number of carbonyl (C=O) groups is 1. The number of nitrogens with one attached hydrogen (secondary N) is 3. The van der Waals surface area contributed by atoms with Crippen molar-refractivity contribution in [1.82, 2.24) is 19.9 Å². The van der Waals surface area contributed by atoms with E-state index in [0.717, 1.165) is 23.6 Å². The van der Waals surface area contributed by atoms with Gasteiger partial charge in [0.2, 0.25) is 0 Å². The zero-order valence-electron chi connectivity index (χ0n) is 17.4. The average molecular weight is 466 g/mol. The summed E-state index contributed by atoms with van der Waals surface area (Å²) in [6.07, 6.45) is 2.20. The van der Waals surface area contributed by atoms with Gasteiger partial charge in [0.15, 0.2) is 0 Å². The molecule has 0 aliphatic carbocycles. The maximum absolute atomic E-state index is 13.6. The second kappa shape index (κ2) is 10.2. The minimum atomic E-state index is -4.70. The number of nitrogen functional groups attached to an aromatic ring is 1. The third-order valence-electron chi connectivity index (χ3n) is 4.36. The summed E-state index contributed by atoms with van der Waals surface area (Å²) in [5.74, 6) is 5.10. The molecule has 2 heterocycles. The predicted octanol–water partition coefficient (Wildman–Crippen LogP) is 3.14. The van der Waals surface area contributed by atoms with Gasteiger partial charge in [-0.15, -0.1) is 0 Å². The third-order valence-corrected chi connectivity index (χ3v) is 4.36. The number of nitrogens with zero attached hydrogens (tertiary/aromatic N) is 4. The molecule has 1 aromatic carbocycles. The lowest BCUT2D eigenvalue weighted by Gasteiger charge is -2.18. The fourth-order valence-electron chi connectivity index (χ4n) is 2.76. The number of anilines is 2. The van der Waals surface area contributed by atoms with Crippen molar-refractivity contribution in [3.63, 3.8) is 0 Å². The fraction of sp³-hybridized carbons (Fsp3) is 0.0909. The maximum Gasteiger partial charge on any atom is 0.416 e. The van der Waals surface area contributed by atoms with E-state index in [9.17, 15) is 18.0 Å². The molecule has 0 atom stereocenters. The summed E-state index contributed by atoms with van der Waals surface area (Å²) in [4.78, 5) is 25.4. The number of hydrogen-bond donors (Lipinski definition) is 4. The van der Waals surface area contributed by atoms with Crippen LogP contribution in [0.25, 0.3) is 0 Å². The lowest BCUT2D eigenvalue weighted by atomic mass is 10.1. The van der Waals surface area contributed by atoms with Crippen molar-refractivity contribution in [1.29, 1.82) is 10.8 Å². The van der Waals surface area contributed by atoms with Crippen LogP contribution >= 0.6 is 0 Å². The quantitative estimate of drug-likeness (QED) is 0.250. The van der Waals surface area contributed by atoms with Gasteiger partial charge >= 0.3 is 6.18 Å². The molecule has 3 rings (SSSR count). The zero-order valence-corrected chi connectivity index (χ0v) is 17.4. The van der Waals surface area contributed by atoms with Crippen LogP contribution in [0.5, 0.6) is 0 Å². The van der Waals surface area contributed by atoms with Crippen LogP contribution in [0.2, 0.25) is 0 Å². The van der Waals surface area contributed by atoms with Crippen LogP contribution in [0.1, 0.15) is 32.7 Å². The van der Waals surface area contributed by atoms with Crippen LogP contribution in [0, 0.1) is 22.7 Å². The molecule has 0 aliphatic rings. The van der Waals surface area contributed by atoms with Crippen LogP contribution < -0.4 is 11.1 Å². The molecule has 0 aliphatic heterocycles. The summed E-state index contributed by atoms with van der Waals surface area (Å²) >= 11 is 0. The third kappa shape index (κ3) is 6.13. The lowest BCUT2D eigenvalue weighted by molar-refractivity contribution is -0.138. The van der Waals surface area contributed by atoms with Crippen LogP contribution in [-0.4, -0.2) is 38.4 Å². The van der Waals surface area contributed by atoms with Crippen molar-refractivity contribution in [3.8, 4) is 11.8 Å². The topological polar surface area (TPSA) is 145 Å². The molecule has 34 heavy (non-hydrogen) atoms. The van der Waals surface area contributed by atoms with E-state index in [1.807, 2.05) is 0 Å². The molecule has 0 unspecified atom stereocenters. The summed E-state index contributed by atoms with van der Waals surface area (Å²) in [7, 11) is 0. The van der Waals surface area contributed by atoms with Gasteiger partial charge in [-0.2, -0.15) is 13.2 Å².